The fraction of sp³-hybridized carbons (Fsp3) is 0.417. The van der Waals surface area contributed by atoms with E-state index in [1.165, 1.54) is 6.42 Å². The molecule has 0 radical (unpaired) electrons. The van der Waals surface area contributed by atoms with Crippen LogP contribution in [0.15, 0.2) is 58.3 Å². The highest BCUT2D eigenvalue weighted by Crippen LogP contribution is 2.46. The summed E-state index contributed by atoms with van der Waals surface area (Å²) < 4.78 is 5.80. The van der Waals surface area contributed by atoms with Crippen LogP contribution in [0.4, 0.5) is 11.4 Å². The van der Waals surface area contributed by atoms with E-state index >= 15 is 0 Å². The highest BCUT2D eigenvalue weighted by atomic mass is 16.3. The van der Waals surface area contributed by atoms with Gasteiger partial charge in [-0.25, -0.2) is 0 Å². The van der Waals surface area contributed by atoms with Crippen molar-refractivity contribution in [2.45, 2.75) is 57.4 Å². The number of para-hydroxylation sites is 2. The molecule has 1 aliphatic heterocycles. The van der Waals surface area contributed by atoms with Crippen LogP contribution in [0.25, 0.3) is 0 Å². The lowest BCUT2D eigenvalue weighted by atomic mass is 9.85. The van der Waals surface area contributed by atoms with Crippen LogP contribution < -0.4 is 10.2 Å². The van der Waals surface area contributed by atoms with Crippen LogP contribution >= 0.6 is 0 Å². The number of Topliss-reactive ketones (excluding diaryl/α,β-unsaturated/α-hetero) is 1. The molecular weight excluding hydrogens is 364 g/mol. The molecule has 2 aliphatic carbocycles. The van der Waals surface area contributed by atoms with Crippen LogP contribution in [-0.4, -0.2) is 11.7 Å². The molecule has 0 bridgehead atoms. The van der Waals surface area contributed by atoms with Gasteiger partial charge in [-0.1, -0.05) is 31.4 Å². The second-order valence-corrected chi connectivity index (χ2v) is 8.27. The molecule has 29 heavy (non-hydrogen) atoms. The molecule has 1 fully saturated rings. The van der Waals surface area contributed by atoms with E-state index < -0.39 is 6.04 Å². The second-order valence-electron chi connectivity index (χ2n) is 8.27. The number of carbonyl (C=O) groups is 2. The highest BCUT2D eigenvalue weighted by molar-refractivity contribution is 6.06. The van der Waals surface area contributed by atoms with Crippen molar-refractivity contribution in [2.75, 3.05) is 10.2 Å². The minimum absolute atomic E-state index is 0.00453. The third kappa shape index (κ3) is 3.18. The first-order chi connectivity index (χ1) is 14.2. The molecular formula is C24H26N2O3. The molecule has 0 unspecified atom stereocenters. The van der Waals surface area contributed by atoms with Crippen molar-refractivity contribution in [3.05, 3.63) is 59.7 Å². The van der Waals surface area contributed by atoms with Gasteiger partial charge in [0, 0.05) is 23.6 Å². The Labute approximate surface area is 170 Å². The number of rotatable bonds is 2. The number of amides is 1. The number of carbonyl (C=O) groups excluding carboxylic acids is 2. The molecule has 1 atom stereocenters. The topological polar surface area (TPSA) is 62.6 Å². The number of fused-ring (bicyclic) bond motifs is 1. The van der Waals surface area contributed by atoms with Gasteiger partial charge >= 0.3 is 0 Å². The predicted molar refractivity (Wildman–Crippen MR) is 111 cm³/mol. The van der Waals surface area contributed by atoms with E-state index in [0.29, 0.717) is 17.8 Å². The number of nitrogens with one attached hydrogen (secondary N) is 1. The summed E-state index contributed by atoms with van der Waals surface area (Å²) in [5, 5.41) is 3.49. The molecule has 1 N–H and O–H groups in total. The van der Waals surface area contributed by atoms with Crippen LogP contribution in [0.1, 0.15) is 63.2 Å². The lowest BCUT2D eigenvalue weighted by Gasteiger charge is -2.35. The maximum atomic E-state index is 13.9. The zero-order chi connectivity index (χ0) is 19.8. The number of furan rings is 1. The molecule has 1 aromatic heterocycles. The molecule has 5 heteroatoms. The Hall–Kier alpha value is -2.82. The molecule has 0 spiro atoms. The zero-order valence-electron chi connectivity index (χ0n) is 16.5. The number of hydrogen-bond acceptors (Lipinski definition) is 4. The SMILES string of the molecule is O=C1CCCC2=C1[C@H](c1ccco1)N(C(=O)C1CCCCC1)c1ccccc1N2. The van der Waals surface area contributed by atoms with Gasteiger partial charge in [-0.2, -0.15) is 0 Å². The zero-order valence-corrected chi connectivity index (χ0v) is 16.5. The Kier molecular flexibility index (Phi) is 4.74. The first-order valence-electron chi connectivity index (χ1n) is 10.7. The monoisotopic (exact) mass is 390 g/mol. The molecule has 5 nitrogen and oxygen atoms in total. The first-order valence-corrected chi connectivity index (χ1v) is 10.7. The molecule has 150 valence electrons. The highest BCUT2D eigenvalue weighted by Gasteiger charge is 2.42. The smallest absolute Gasteiger partial charge is 0.231 e. The number of hydrogen-bond donors (Lipinski definition) is 1. The quantitative estimate of drug-likeness (QED) is 0.749. The second kappa shape index (κ2) is 7.54. The third-order valence-electron chi connectivity index (χ3n) is 6.44. The Morgan fingerprint density at radius 2 is 1.83 bits per heavy atom. The Balaban J connectivity index is 1.70. The molecule has 2 aromatic rings. The predicted octanol–water partition coefficient (Wildman–Crippen LogP) is 5.37. The van der Waals surface area contributed by atoms with Crippen molar-refractivity contribution >= 4 is 23.1 Å². The van der Waals surface area contributed by atoms with Crippen molar-refractivity contribution in [3.63, 3.8) is 0 Å². The average Bonchev–Trinajstić information content (AvgIpc) is 3.23. The number of ketones is 1. The van der Waals surface area contributed by atoms with Gasteiger partial charge in [-0.15, -0.1) is 0 Å². The lowest BCUT2D eigenvalue weighted by molar-refractivity contribution is -0.123. The minimum atomic E-state index is -0.515. The Bertz CT molecular complexity index is 954. The van der Waals surface area contributed by atoms with Gasteiger partial charge in [-0.05, 0) is 49.9 Å². The maximum Gasteiger partial charge on any atom is 0.231 e. The van der Waals surface area contributed by atoms with Crippen LogP contribution in [0.5, 0.6) is 0 Å². The van der Waals surface area contributed by atoms with E-state index in [1.54, 1.807) is 6.26 Å². The third-order valence-corrected chi connectivity index (χ3v) is 6.44. The fourth-order valence-corrected chi connectivity index (χ4v) is 5.04. The summed E-state index contributed by atoms with van der Waals surface area (Å²) in [5.74, 6) is 0.854. The van der Waals surface area contributed by atoms with Crippen molar-refractivity contribution in [1.29, 1.82) is 0 Å². The Morgan fingerprint density at radius 3 is 2.62 bits per heavy atom. The van der Waals surface area contributed by atoms with Crippen molar-refractivity contribution < 1.29 is 14.0 Å². The van der Waals surface area contributed by atoms with Gasteiger partial charge in [0.25, 0.3) is 0 Å². The van der Waals surface area contributed by atoms with E-state index in [0.717, 1.165) is 55.6 Å². The molecule has 2 heterocycles. The van der Waals surface area contributed by atoms with E-state index in [1.807, 2.05) is 41.3 Å². The van der Waals surface area contributed by atoms with Gasteiger partial charge in [-0.3, -0.25) is 14.5 Å². The lowest BCUT2D eigenvalue weighted by Crippen LogP contribution is -2.41. The summed E-state index contributed by atoms with van der Waals surface area (Å²) in [4.78, 5) is 28.8. The first kappa shape index (κ1) is 18.2. The molecule has 5 rings (SSSR count). The van der Waals surface area contributed by atoms with E-state index in [4.69, 9.17) is 4.42 Å². The van der Waals surface area contributed by atoms with Crippen molar-refractivity contribution in [2.24, 2.45) is 5.92 Å². The van der Waals surface area contributed by atoms with E-state index in [-0.39, 0.29) is 17.6 Å². The standard InChI is InChI=1S/C24H26N2O3/c27-20-13-6-11-18-22(20)23(21-14-7-15-29-21)26(19-12-5-4-10-17(19)25-18)24(28)16-8-2-1-3-9-16/h4-5,7,10,12,14-16,23,25H,1-3,6,8-9,11,13H2/t23-/m0/s1. The molecule has 1 aromatic carbocycles. The van der Waals surface area contributed by atoms with Crippen LogP contribution in [0.3, 0.4) is 0 Å². The maximum absolute atomic E-state index is 13.9. The summed E-state index contributed by atoms with van der Waals surface area (Å²) in [5.41, 5.74) is 3.32. The summed E-state index contributed by atoms with van der Waals surface area (Å²) in [6.07, 6.45) is 8.95. The fourth-order valence-electron chi connectivity index (χ4n) is 5.04. The molecule has 3 aliphatic rings. The van der Waals surface area contributed by atoms with E-state index in [2.05, 4.69) is 5.32 Å². The van der Waals surface area contributed by atoms with Crippen molar-refractivity contribution in [3.8, 4) is 0 Å². The summed E-state index contributed by atoms with van der Waals surface area (Å²) in [6, 6.07) is 11.1. The van der Waals surface area contributed by atoms with Gasteiger partial charge in [0.05, 0.1) is 17.6 Å². The Morgan fingerprint density at radius 1 is 1.00 bits per heavy atom. The number of anilines is 2. The van der Waals surface area contributed by atoms with Crippen LogP contribution in [-0.2, 0) is 9.59 Å². The van der Waals surface area contributed by atoms with Gasteiger partial charge in [0.2, 0.25) is 5.91 Å². The van der Waals surface area contributed by atoms with E-state index in [9.17, 15) is 9.59 Å². The van der Waals surface area contributed by atoms with Gasteiger partial charge in [0.15, 0.2) is 5.78 Å². The summed E-state index contributed by atoms with van der Waals surface area (Å²) in [6.45, 7) is 0. The largest absolute Gasteiger partial charge is 0.467 e. The number of allylic oxidation sites excluding steroid dienone is 1. The molecule has 1 saturated carbocycles. The summed E-state index contributed by atoms with van der Waals surface area (Å²) >= 11 is 0. The number of benzene rings is 1. The van der Waals surface area contributed by atoms with Crippen LogP contribution in [0, 0.1) is 5.92 Å². The summed E-state index contributed by atoms with van der Waals surface area (Å²) in [7, 11) is 0. The number of nitrogens with zero attached hydrogens (tertiary/aromatic N) is 1. The molecule has 0 saturated heterocycles. The van der Waals surface area contributed by atoms with Gasteiger partial charge in [0.1, 0.15) is 11.8 Å². The van der Waals surface area contributed by atoms with Crippen molar-refractivity contribution in [1.82, 2.24) is 0 Å². The van der Waals surface area contributed by atoms with Gasteiger partial charge < -0.3 is 9.73 Å². The normalized spacial score (nSPS) is 22.6. The average molecular weight is 390 g/mol. The molecule has 1 amide bonds. The van der Waals surface area contributed by atoms with Crippen LogP contribution in [0.2, 0.25) is 0 Å². The minimum Gasteiger partial charge on any atom is -0.467 e.